The summed E-state index contributed by atoms with van der Waals surface area (Å²) in [6.45, 7) is 10.2. The van der Waals surface area contributed by atoms with Crippen molar-refractivity contribution in [3.8, 4) is 16.9 Å². The first-order chi connectivity index (χ1) is 16.5. The van der Waals surface area contributed by atoms with Gasteiger partial charge < -0.3 is 10.1 Å². The van der Waals surface area contributed by atoms with Crippen LogP contribution in [-0.2, 0) is 4.79 Å². The Balaban J connectivity index is 2.02. The first-order valence-electron chi connectivity index (χ1n) is 12.1. The number of fused-ring (bicyclic) bond motifs is 2. The van der Waals surface area contributed by atoms with E-state index in [-0.39, 0.29) is 17.7 Å². The van der Waals surface area contributed by atoms with Crippen molar-refractivity contribution in [3.05, 3.63) is 84.9 Å². The van der Waals surface area contributed by atoms with E-state index >= 15 is 0 Å². The molecule has 0 aromatic heterocycles. The van der Waals surface area contributed by atoms with Crippen LogP contribution in [-0.4, -0.2) is 13.0 Å². The third-order valence-electron chi connectivity index (χ3n) is 6.92. The molecule has 0 heterocycles. The summed E-state index contributed by atoms with van der Waals surface area (Å²) >= 11 is 0. The maximum Gasteiger partial charge on any atom is 0.228 e. The first-order valence-corrected chi connectivity index (χ1v) is 12.1. The van der Waals surface area contributed by atoms with Gasteiger partial charge in [-0.15, -0.1) is 6.58 Å². The summed E-state index contributed by atoms with van der Waals surface area (Å²) in [5, 5.41) is 7.79. The van der Waals surface area contributed by atoms with E-state index in [4.69, 9.17) is 4.74 Å². The maximum atomic E-state index is 13.6. The average molecular weight is 452 g/mol. The molecule has 0 saturated heterocycles. The zero-order chi connectivity index (χ0) is 24.2. The van der Waals surface area contributed by atoms with Gasteiger partial charge in [-0.05, 0) is 64.9 Å². The van der Waals surface area contributed by atoms with E-state index in [1.165, 1.54) is 0 Å². The Hall–Kier alpha value is -3.59. The number of methoxy groups -OCH3 is 1. The molecular formula is C31H33NO2. The molecule has 3 nitrogen and oxygen atoms in total. The van der Waals surface area contributed by atoms with E-state index < -0.39 is 0 Å². The fraction of sp³-hybridized carbons (Fsp3) is 0.258. The highest BCUT2D eigenvalue weighted by Crippen LogP contribution is 2.46. The smallest absolute Gasteiger partial charge is 0.228 e. The molecule has 0 spiro atoms. The molecular weight excluding hydrogens is 418 g/mol. The van der Waals surface area contributed by atoms with E-state index in [0.717, 1.165) is 62.5 Å². The third kappa shape index (κ3) is 4.19. The molecule has 174 valence electrons. The average Bonchev–Trinajstić information content (AvgIpc) is 2.87. The maximum absolute atomic E-state index is 13.6. The number of carbonyl (C=O) groups excluding carboxylic acids is 1. The number of ether oxygens (including phenoxy) is 1. The number of nitrogens with one attached hydrogen (secondary N) is 1. The topological polar surface area (TPSA) is 38.3 Å². The van der Waals surface area contributed by atoms with Crippen molar-refractivity contribution >= 4 is 33.1 Å². The highest BCUT2D eigenvalue weighted by molar-refractivity contribution is 6.14. The molecule has 34 heavy (non-hydrogen) atoms. The molecule has 0 saturated carbocycles. The lowest BCUT2D eigenvalue weighted by Crippen LogP contribution is -2.28. The molecule has 4 rings (SSSR count). The summed E-state index contributed by atoms with van der Waals surface area (Å²) in [5.74, 6) is 0.833. The zero-order valence-corrected chi connectivity index (χ0v) is 20.5. The molecule has 0 fully saturated rings. The van der Waals surface area contributed by atoms with Crippen molar-refractivity contribution in [3.63, 3.8) is 0 Å². The molecule has 0 unspecified atom stereocenters. The van der Waals surface area contributed by atoms with Gasteiger partial charge in [0.25, 0.3) is 0 Å². The van der Waals surface area contributed by atoms with Crippen molar-refractivity contribution < 1.29 is 9.53 Å². The number of anilines is 1. The van der Waals surface area contributed by atoms with Gasteiger partial charge in [-0.1, -0.05) is 74.5 Å². The predicted molar refractivity (Wildman–Crippen MR) is 145 cm³/mol. The van der Waals surface area contributed by atoms with Crippen LogP contribution >= 0.6 is 0 Å². The Morgan fingerprint density at radius 2 is 1.59 bits per heavy atom. The summed E-state index contributed by atoms with van der Waals surface area (Å²) in [6.07, 6.45) is 3.56. The van der Waals surface area contributed by atoms with Crippen LogP contribution in [0.2, 0.25) is 0 Å². The van der Waals surface area contributed by atoms with E-state index in [2.05, 4.69) is 69.1 Å². The van der Waals surface area contributed by atoms with Gasteiger partial charge in [0.2, 0.25) is 5.91 Å². The Morgan fingerprint density at radius 1 is 0.941 bits per heavy atom. The SMILES string of the molecule is C=C[C@H](CC)[C@H](CC)C(=O)Nc1c(C)cc2ccccc2c1-c1c(OC)ccc2ccccc12. The van der Waals surface area contributed by atoms with Crippen molar-refractivity contribution in [1.82, 2.24) is 0 Å². The number of hydrogen-bond acceptors (Lipinski definition) is 2. The minimum Gasteiger partial charge on any atom is -0.496 e. The predicted octanol–water partition coefficient (Wildman–Crippen LogP) is 8.15. The molecule has 3 heteroatoms. The fourth-order valence-electron chi connectivity index (χ4n) is 5.10. The summed E-state index contributed by atoms with van der Waals surface area (Å²) in [6, 6.07) is 22.9. The second-order valence-corrected chi connectivity index (χ2v) is 8.84. The van der Waals surface area contributed by atoms with Crippen molar-refractivity contribution in [1.29, 1.82) is 0 Å². The van der Waals surface area contributed by atoms with Crippen LogP contribution in [0.25, 0.3) is 32.7 Å². The van der Waals surface area contributed by atoms with Crippen LogP contribution in [0.5, 0.6) is 5.75 Å². The van der Waals surface area contributed by atoms with Gasteiger partial charge in [-0.25, -0.2) is 0 Å². The van der Waals surface area contributed by atoms with Gasteiger partial charge in [0.05, 0.1) is 12.8 Å². The number of amides is 1. The van der Waals surface area contributed by atoms with Crippen molar-refractivity contribution in [2.24, 2.45) is 11.8 Å². The number of carbonyl (C=O) groups is 1. The monoisotopic (exact) mass is 451 g/mol. The zero-order valence-electron chi connectivity index (χ0n) is 20.5. The highest BCUT2D eigenvalue weighted by atomic mass is 16.5. The van der Waals surface area contributed by atoms with Crippen LogP contribution in [0.1, 0.15) is 32.3 Å². The molecule has 0 bridgehead atoms. The Bertz CT molecular complexity index is 1350. The molecule has 4 aromatic carbocycles. The molecule has 2 atom stereocenters. The van der Waals surface area contributed by atoms with E-state index in [1.807, 2.05) is 36.4 Å². The minimum atomic E-state index is -0.129. The molecule has 1 amide bonds. The fourth-order valence-corrected chi connectivity index (χ4v) is 5.10. The molecule has 0 radical (unpaired) electrons. The molecule has 0 aliphatic heterocycles. The van der Waals surface area contributed by atoms with Crippen LogP contribution in [0, 0.1) is 18.8 Å². The molecule has 4 aromatic rings. The minimum absolute atomic E-state index is 0.0353. The van der Waals surface area contributed by atoms with Gasteiger partial charge in [-0.2, -0.15) is 0 Å². The lowest BCUT2D eigenvalue weighted by atomic mass is 9.86. The van der Waals surface area contributed by atoms with Crippen LogP contribution < -0.4 is 10.1 Å². The van der Waals surface area contributed by atoms with Crippen LogP contribution in [0.4, 0.5) is 5.69 Å². The van der Waals surface area contributed by atoms with Gasteiger partial charge in [0, 0.05) is 17.0 Å². The first kappa shape index (κ1) is 23.6. The van der Waals surface area contributed by atoms with E-state index in [1.54, 1.807) is 7.11 Å². The summed E-state index contributed by atoms with van der Waals surface area (Å²) in [5.41, 5.74) is 3.87. The van der Waals surface area contributed by atoms with Crippen molar-refractivity contribution in [2.75, 3.05) is 12.4 Å². The van der Waals surface area contributed by atoms with Crippen molar-refractivity contribution in [2.45, 2.75) is 33.6 Å². The largest absolute Gasteiger partial charge is 0.496 e. The Kier molecular flexibility index (Phi) is 7.02. The second-order valence-electron chi connectivity index (χ2n) is 8.84. The number of aryl methyl sites for hydroxylation is 1. The molecule has 0 aliphatic carbocycles. The quantitative estimate of drug-likeness (QED) is 0.274. The molecule has 0 aliphatic rings. The Morgan fingerprint density at radius 3 is 2.21 bits per heavy atom. The van der Waals surface area contributed by atoms with Crippen LogP contribution in [0.15, 0.2) is 79.4 Å². The molecule has 1 N–H and O–H groups in total. The number of hydrogen-bond donors (Lipinski definition) is 1. The van der Waals surface area contributed by atoms with Gasteiger partial charge in [-0.3, -0.25) is 4.79 Å². The Labute approximate surface area is 202 Å². The summed E-state index contributed by atoms with van der Waals surface area (Å²) in [7, 11) is 1.70. The summed E-state index contributed by atoms with van der Waals surface area (Å²) < 4.78 is 5.87. The lowest BCUT2D eigenvalue weighted by molar-refractivity contribution is -0.121. The number of allylic oxidation sites excluding steroid dienone is 1. The van der Waals surface area contributed by atoms with Gasteiger partial charge in [0.15, 0.2) is 0 Å². The summed E-state index contributed by atoms with van der Waals surface area (Å²) in [4.78, 5) is 13.6. The standard InChI is InChI=1S/C31H33NO2/c1-6-21(7-2)24(8-3)31(33)32-30-20(4)19-23-14-10-12-16-26(23)29(30)28-25-15-11-9-13-22(25)17-18-27(28)34-5/h6,9-19,21,24H,1,7-8H2,2-5H3,(H,32,33)/t21-,24+/m1/s1. The normalized spacial score (nSPS) is 12.9. The second kappa shape index (κ2) is 10.1. The van der Waals surface area contributed by atoms with Gasteiger partial charge >= 0.3 is 0 Å². The highest BCUT2D eigenvalue weighted by Gasteiger charge is 2.26. The number of rotatable bonds is 8. The van der Waals surface area contributed by atoms with Crippen LogP contribution in [0.3, 0.4) is 0 Å². The number of benzene rings is 4. The van der Waals surface area contributed by atoms with E-state index in [9.17, 15) is 4.79 Å². The third-order valence-corrected chi connectivity index (χ3v) is 6.92. The van der Waals surface area contributed by atoms with Gasteiger partial charge in [0.1, 0.15) is 5.75 Å². The lowest BCUT2D eigenvalue weighted by Gasteiger charge is -2.25. The van der Waals surface area contributed by atoms with E-state index in [0.29, 0.717) is 0 Å².